The molecule has 0 atom stereocenters. The van der Waals surface area contributed by atoms with Crippen molar-refractivity contribution in [3.05, 3.63) is 96.8 Å². The summed E-state index contributed by atoms with van der Waals surface area (Å²) in [5, 5.41) is 25.4. The Morgan fingerprint density at radius 3 is 1.54 bits per heavy atom. The average molecular weight is 859 g/mol. The number of aromatic nitrogens is 6. The van der Waals surface area contributed by atoms with Gasteiger partial charge in [0.25, 0.3) is 11.8 Å². The number of pyridine rings is 2. The van der Waals surface area contributed by atoms with Crippen LogP contribution in [0.2, 0.25) is 0 Å². The maximum atomic E-state index is 12.8. The summed E-state index contributed by atoms with van der Waals surface area (Å²) in [5.74, 6) is 1.27. The largest absolute Gasteiger partial charge is 0.444 e. The molecule has 3 amide bonds. The average Bonchev–Trinajstić information content (AvgIpc) is 3.27. The van der Waals surface area contributed by atoms with E-state index in [0.717, 1.165) is 52.2 Å². The first-order valence-electron chi connectivity index (χ1n) is 21.1. The van der Waals surface area contributed by atoms with E-state index >= 15 is 0 Å². The van der Waals surface area contributed by atoms with Gasteiger partial charge in [-0.2, -0.15) is 9.97 Å². The summed E-state index contributed by atoms with van der Waals surface area (Å²) in [4.78, 5) is 62.8. The molecule has 0 spiro atoms. The van der Waals surface area contributed by atoms with Crippen molar-refractivity contribution in [3.63, 3.8) is 0 Å². The highest BCUT2D eigenvalue weighted by molar-refractivity contribution is 5.99. The molecule has 2 aromatic carbocycles. The number of carbonyl (C=O) groups is 3. The van der Waals surface area contributed by atoms with Crippen molar-refractivity contribution < 1.29 is 19.1 Å². The zero-order valence-electron chi connectivity index (χ0n) is 36.5. The Morgan fingerprint density at radius 2 is 1.08 bits per heavy atom. The normalized spacial score (nSPS) is 10.9. The number of fused-ring (bicyclic) bond motifs is 2. The summed E-state index contributed by atoms with van der Waals surface area (Å²) in [6, 6.07) is 15.7. The third-order valence-corrected chi connectivity index (χ3v) is 8.92. The fourth-order valence-corrected chi connectivity index (χ4v) is 5.84. The van der Waals surface area contributed by atoms with Crippen LogP contribution in [0, 0.1) is 0 Å². The Morgan fingerprint density at radius 1 is 0.603 bits per heavy atom. The van der Waals surface area contributed by atoms with Crippen LogP contribution >= 0.6 is 0 Å². The van der Waals surface area contributed by atoms with E-state index in [2.05, 4.69) is 74.0 Å². The molecule has 332 valence electrons. The van der Waals surface area contributed by atoms with Crippen molar-refractivity contribution in [1.82, 2.24) is 45.9 Å². The third kappa shape index (κ3) is 15.0. The van der Waals surface area contributed by atoms with E-state index in [1.807, 2.05) is 67.8 Å². The van der Waals surface area contributed by atoms with Crippen molar-refractivity contribution in [2.45, 2.75) is 65.9 Å². The molecule has 0 saturated carbocycles. The van der Waals surface area contributed by atoms with Gasteiger partial charge in [-0.15, -0.1) is 0 Å². The van der Waals surface area contributed by atoms with Gasteiger partial charge in [-0.1, -0.05) is 26.0 Å². The highest BCUT2D eigenvalue weighted by atomic mass is 16.6. The van der Waals surface area contributed by atoms with Crippen LogP contribution in [0.3, 0.4) is 0 Å². The van der Waals surface area contributed by atoms with Gasteiger partial charge in [-0.3, -0.25) is 19.6 Å². The van der Waals surface area contributed by atoms with Crippen molar-refractivity contribution >= 4 is 74.4 Å². The first-order chi connectivity index (χ1) is 30.5. The van der Waals surface area contributed by atoms with Gasteiger partial charge in [0.2, 0.25) is 11.9 Å². The van der Waals surface area contributed by atoms with E-state index in [1.165, 1.54) is 12.4 Å². The number of hydrogen-bond donors (Lipinski definition) is 8. The molecule has 6 aromatic rings. The molecule has 0 bridgehead atoms. The standard InChI is InChI=1S/C25H33N7O3.C20H25N7O/c1-5-10-27-21-20(22(33)28-11-6-12-29-24(34)35-25(2,3)4)16-30-23(32-21)31-19-8-7-18-15-26-13-9-17(18)14-19;1-2-8-23-18-17(19(28)24-9-3-7-21)13-25-20(27-18)26-16-5-4-15-12-22-10-6-14(15)11-16/h7-9,13-16H,5-6,10-12H2,1-4H3,(H,28,33)(H,29,34)(H2,27,30,31,32);4-6,10-13H,2-3,7-9,21H2,1H3,(H,24,28)(H2,23,25,26,27). The van der Waals surface area contributed by atoms with E-state index in [4.69, 9.17) is 10.5 Å². The maximum Gasteiger partial charge on any atom is 0.407 e. The second-order valence-corrected chi connectivity index (χ2v) is 15.3. The molecule has 18 nitrogen and oxygen atoms in total. The van der Waals surface area contributed by atoms with Gasteiger partial charge < -0.3 is 47.7 Å². The maximum absolute atomic E-state index is 12.8. The van der Waals surface area contributed by atoms with Gasteiger partial charge in [0.15, 0.2) is 0 Å². The van der Waals surface area contributed by atoms with Crippen molar-refractivity contribution in [3.8, 4) is 0 Å². The molecule has 0 saturated heterocycles. The quantitative estimate of drug-likeness (QED) is 0.0386. The van der Waals surface area contributed by atoms with Crippen LogP contribution in [-0.4, -0.2) is 92.7 Å². The molecule has 6 rings (SSSR count). The molecular weight excluding hydrogens is 801 g/mol. The summed E-state index contributed by atoms with van der Waals surface area (Å²) in [7, 11) is 0. The van der Waals surface area contributed by atoms with Crippen LogP contribution in [0.1, 0.15) is 81.0 Å². The lowest BCUT2D eigenvalue weighted by atomic mass is 10.1. The van der Waals surface area contributed by atoms with Gasteiger partial charge in [0.1, 0.15) is 28.4 Å². The molecular formula is C45H58N14O4. The molecule has 18 heteroatoms. The lowest BCUT2D eigenvalue weighted by Crippen LogP contribution is -2.34. The number of amides is 3. The predicted octanol–water partition coefficient (Wildman–Crippen LogP) is 6.90. The van der Waals surface area contributed by atoms with E-state index < -0.39 is 11.7 Å². The minimum Gasteiger partial charge on any atom is -0.444 e. The van der Waals surface area contributed by atoms with Gasteiger partial charge in [-0.25, -0.2) is 14.8 Å². The van der Waals surface area contributed by atoms with Gasteiger partial charge in [0.05, 0.1) is 0 Å². The number of rotatable bonds is 19. The van der Waals surface area contributed by atoms with Crippen molar-refractivity contribution in [2.24, 2.45) is 5.73 Å². The summed E-state index contributed by atoms with van der Waals surface area (Å²) >= 11 is 0. The number of nitrogens with two attached hydrogens (primary N) is 1. The molecule has 63 heavy (non-hydrogen) atoms. The van der Waals surface area contributed by atoms with E-state index in [-0.39, 0.29) is 11.8 Å². The first-order valence-corrected chi connectivity index (χ1v) is 21.1. The first kappa shape index (κ1) is 46.8. The molecule has 9 N–H and O–H groups in total. The van der Waals surface area contributed by atoms with E-state index in [0.29, 0.717) is 80.3 Å². The number of nitrogens with one attached hydrogen (secondary N) is 7. The fraction of sp³-hybridized carbons (Fsp3) is 0.356. The van der Waals surface area contributed by atoms with Crippen LogP contribution in [0.25, 0.3) is 21.5 Å². The predicted molar refractivity (Wildman–Crippen MR) is 249 cm³/mol. The molecule has 0 radical (unpaired) electrons. The Bertz CT molecular complexity index is 2440. The monoisotopic (exact) mass is 858 g/mol. The van der Waals surface area contributed by atoms with E-state index in [1.54, 1.807) is 33.2 Å². The van der Waals surface area contributed by atoms with Crippen LogP contribution in [0.15, 0.2) is 85.7 Å². The lowest BCUT2D eigenvalue weighted by molar-refractivity contribution is 0.0527. The van der Waals surface area contributed by atoms with Gasteiger partial charge >= 0.3 is 6.09 Å². The second-order valence-electron chi connectivity index (χ2n) is 15.3. The summed E-state index contributed by atoms with van der Waals surface area (Å²) in [6.45, 7) is 12.7. The Balaban J connectivity index is 0.000000243. The minimum absolute atomic E-state index is 0.211. The van der Waals surface area contributed by atoms with Gasteiger partial charge in [0, 0.05) is 92.1 Å². The van der Waals surface area contributed by atoms with Crippen LogP contribution in [-0.2, 0) is 4.74 Å². The molecule has 4 aromatic heterocycles. The van der Waals surface area contributed by atoms with Crippen LogP contribution in [0.5, 0.6) is 0 Å². The number of benzene rings is 2. The number of hydrogen-bond acceptors (Lipinski definition) is 15. The van der Waals surface area contributed by atoms with Crippen molar-refractivity contribution in [2.75, 3.05) is 60.5 Å². The highest BCUT2D eigenvalue weighted by Gasteiger charge is 2.18. The van der Waals surface area contributed by atoms with Crippen LogP contribution in [0.4, 0.5) is 39.7 Å². The highest BCUT2D eigenvalue weighted by Crippen LogP contribution is 2.24. The van der Waals surface area contributed by atoms with Crippen molar-refractivity contribution in [1.29, 1.82) is 0 Å². The topological polar surface area (TPSA) is 248 Å². The fourth-order valence-electron chi connectivity index (χ4n) is 5.84. The summed E-state index contributed by atoms with van der Waals surface area (Å²) in [6.07, 6.45) is 12.8. The van der Waals surface area contributed by atoms with Crippen LogP contribution < -0.4 is 43.0 Å². The molecule has 0 aliphatic rings. The summed E-state index contributed by atoms with van der Waals surface area (Å²) < 4.78 is 5.19. The number of carbonyl (C=O) groups excluding carboxylic acids is 3. The molecule has 0 fully saturated rings. The number of nitrogens with zero attached hydrogens (tertiary/aromatic N) is 6. The number of ether oxygens (including phenoxy) is 1. The lowest BCUT2D eigenvalue weighted by Gasteiger charge is -2.19. The SMILES string of the molecule is CCCNc1nc(Nc2ccc3cnccc3c2)ncc1C(=O)NCCCN.CCCNc1nc(Nc2ccc3cnccc3c2)ncc1C(=O)NCCCNC(=O)OC(C)(C)C. The zero-order valence-corrected chi connectivity index (χ0v) is 36.5. The molecule has 0 unspecified atom stereocenters. The summed E-state index contributed by atoms with van der Waals surface area (Å²) in [5.41, 5.74) is 7.40. The smallest absolute Gasteiger partial charge is 0.407 e. The second kappa shape index (κ2) is 23.7. The number of alkyl carbamates (subject to hydrolysis) is 1. The molecule has 4 heterocycles. The Hall–Kier alpha value is -7.21. The minimum atomic E-state index is -0.549. The molecule has 0 aliphatic carbocycles. The van der Waals surface area contributed by atoms with Gasteiger partial charge in [-0.05, 0) is 100 Å². The van der Waals surface area contributed by atoms with E-state index in [9.17, 15) is 14.4 Å². The zero-order chi connectivity index (χ0) is 45.0. The third-order valence-electron chi connectivity index (χ3n) is 8.92. The Kier molecular flexibility index (Phi) is 17.6. The Labute approximate surface area is 367 Å². The molecule has 0 aliphatic heterocycles. The number of anilines is 6.